The number of aromatic nitrogens is 2. The molecule has 2 aromatic heterocycles. The van der Waals surface area contributed by atoms with Gasteiger partial charge in [0.15, 0.2) is 11.5 Å². The Morgan fingerprint density at radius 1 is 1.19 bits per heavy atom. The van der Waals surface area contributed by atoms with Gasteiger partial charge in [-0.2, -0.15) is 0 Å². The van der Waals surface area contributed by atoms with E-state index in [4.69, 9.17) is 25.5 Å². The number of hydrogen-bond acceptors (Lipinski definition) is 8. The van der Waals surface area contributed by atoms with E-state index in [9.17, 15) is 4.79 Å². The van der Waals surface area contributed by atoms with Crippen molar-refractivity contribution in [1.29, 1.82) is 0 Å². The summed E-state index contributed by atoms with van der Waals surface area (Å²) in [5.41, 5.74) is 0.937. The molecule has 0 unspecified atom stereocenters. The quantitative estimate of drug-likeness (QED) is 0.367. The van der Waals surface area contributed by atoms with E-state index in [1.54, 1.807) is 0 Å². The fraction of sp³-hybridized carbons (Fsp3) is 0.227. The van der Waals surface area contributed by atoms with Crippen LogP contribution in [0.5, 0.6) is 11.5 Å². The van der Waals surface area contributed by atoms with Gasteiger partial charge in [0.2, 0.25) is 5.91 Å². The highest BCUT2D eigenvalue weighted by Crippen LogP contribution is 2.41. The zero-order chi connectivity index (χ0) is 22.1. The van der Waals surface area contributed by atoms with Gasteiger partial charge in [-0.05, 0) is 30.7 Å². The molecular formula is C22H18ClN3O4S2. The van der Waals surface area contributed by atoms with Crippen LogP contribution in [-0.4, -0.2) is 35.1 Å². The highest BCUT2D eigenvalue weighted by molar-refractivity contribution is 7.99. The molecule has 0 fully saturated rings. The van der Waals surface area contributed by atoms with Crippen molar-refractivity contribution >= 4 is 50.7 Å². The van der Waals surface area contributed by atoms with Crippen molar-refractivity contribution in [2.45, 2.75) is 18.2 Å². The maximum absolute atomic E-state index is 12.4. The molecule has 0 aliphatic carbocycles. The van der Waals surface area contributed by atoms with E-state index in [-0.39, 0.29) is 17.7 Å². The molecule has 0 saturated heterocycles. The summed E-state index contributed by atoms with van der Waals surface area (Å²) in [6.45, 7) is 2.98. The van der Waals surface area contributed by atoms with Gasteiger partial charge >= 0.3 is 0 Å². The van der Waals surface area contributed by atoms with E-state index in [1.165, 1.54) is 23.1 Å². The summed E-state index contributed by atoms with van der Waals surface area (Å²) in [7, 11) is 0. The molecular weight excluding hydrogens is 470 g/mol. The van der Waals surface area contributed by atoms with Crippen LogP contribution in [0.15, 0.2) is 52.1 Å². The summed E-state index contributed by atoms with van der Waals surface area (Å²) in [5.74, 6) is 1.78. The minimum absolute atomic E-state index is 0.142. The second-order valence-corrected chi connectivity index (χ2v) is 9.45. The van der Waals surface area contributed by atoms with Gasteiger partial charge < -0.3 is 19.2 Å². The van der Waals surface area contributed by atoms with Gasteiger partial charge in [0.25, 0.3) is 11.1 Å². The minimum atomic E-state index is -0.186. The van der Waals surface area contributed by atoms with Gasteiger partial charge in [-0.25, -0.2) is 0 Å². The van der Waals surface area contributed by atoms with Gasteiger partial charge in [0, 0.05) is 10.1 Å². The first-order chi connectivity index (χ1) is 15.6. The summed E-state index contributed by atoms with van der Waals surface area (Å²) in [6.07, 6.45) is 0. The van der Waals surface area contributed by atoms with Crippen LogP contribution in [-0.2, 0) is 4.79 Å². The second kappa shape index (κ2) is 9.01. The van der Waals surface area contributed by atoms with Gasteiger partial charge in [0.05, 0.1) is 16.8 Å². The Kier molecular flexibility index (Phi) is 5.95. The maximum atomic E-state index is 12.4. The first-order valence-electron chi connectivity index (χ1n) is 9.91. The first-order valence-corrected chi connectivity index (χ1v) is 12.1. The number of hydrogen-bond donors (Lipinski definition) is 1. The van der Waals surface area contributed by atoms with Crippen LogP contribution in [0.25, 0.3) is 20.9 Å². The summed E-state index contributed by atoms with van der Waals surface area (Å²) in [5, 5.41) is 13.0. The van der Waals surface area contributed by atoms with Gasteiger partial charge in [-0.15, -0.1) is 21.5 Å². The topological polar surface area (TPSA) is 86.5 Å². The van der Waals surface area contributed by atoms with E-state index in [0.29, 0.717) is 35.1 Å². The van der Waals surface area contributed by atoms with Crippen LogP contribution < -0.4 is 14.8 Å². The predicted molar refractivity (Wildman–Crippen MR) is 125 cm³/mol. The number of carbonyl (C=O) groups excluding carboxylic acids is 1. The highest BCUT2D eigenvalue weighted by Gasteiger charge is 2.19. The van der Waals surface area contributed by atoms with Crippen molar-refractivity contribution in [1.82, 2.24) is 15.5 Å². The number of fused-ring (bicyclic) bond motifs is 2. The molecule has 2 aromatic carbocycles. The summed E-state index contributed by atoms with van der Waals surface area (Å²) in [6, 6.07) is 13.3. The smallest absolute Gasteiger partial charge is 0.277 e. The van der Waals surface area contributed by atoms with Crippen molar-refractivity contribution in [3.05, 3.63) is 53.1 Å². The van der Waals surface area contributed by atoms with Gasteiger partial charge in [0.1, 0.15) is 18.1 Å². The maximum Gasteiger partial charge on any atom is 0.277 e. The molecule has 1 amide bonds. The molecule has 5 rings (SSSR count). The molecule has 4 aromatic rings. The third-order valence-corrected chi connectivity index (χ3v) is 7.39. The Bertz CT molecular complexity index is 1290. The number of ether oxygens (including phenoxy) is 2. The number of carbonyl (C=O) groups is 1. The van der Waals surface area contributed by atoms with Crippen molar-refractivity contribution in [2.24, 2.45) is 0 Å². The molecule has 7 nitrogen and oxygen atoms in total. The minimum Gasteiger partial charge on any atom is -0.486 e. The SMILES string of the molecule is C[C@H](NC(=O)CSc1nnc(-c2sc3ccccc3c2Cl)o1)c1ccc2c(c1)OCCO2. The third kappa shape index (κ3) is 4.28. The molecule has 1 atom stereocenters. The van der Waals surface area contributed by atoms with Crippen LogP contribution in [0.1, 0.15) is 18.5 Å². The van der Waals surface area contributed by atoms with Crippen molar-refractivity contribution in [2.75, 3.05) is 19.0 Å². The fourth-order valence-electron chi connectivity index (χ4n) is 3.33. The Morgan fingerprint density at radius 2 is 2.00 bits per heavy atom. The summed E-state index contributed by atoms with van der Waals surface area (Å²) in [4.78, 5) is 13.2. The number of nitrogens with one attached hydrogen (secondary N) is 1. The van der Waals surface area contributed by atoms with E-state index in [0.717, 1.165) is 26.3 Å². The molecule has 3 heterocycles. The number of rotatable bonds is 6. The predicted octanol–water partition coefficient (Wildman–Crippen LogP) is 5.35. The monoisotopic (exact) mass is 487 g/mol. The number of amides is 1. The highest BCUT2D eigenvalue weighted by atomic mass is 35.5. The Hall–Kier alpha value is -2.75. The molecule has 0 bridgehead atoms. The second-order valence-electron chi connectivity index (χ2n) is 7.10. The standard InChI is InChI=1S/C22H18ClN3O4S2/c1-12(13-6-7-15-16(10-13)29-9-8-28-15)24-18(27)11-31-22-26-25-21(30-22)20-19(23)14-4-2-3-5-17(14)32-20/h2-7,10,12H,8-9,11H2,1H3,(H,24,27)/t12-/m0/s1. The average molecular weight is 488 g/mol. The number of thiophene rings is 1. The van der Waals surface area contributed by atoms with Crippen molar-refractivity contribution < 1.29 is 18.7 Å². The molecule has 0 spiro atoms. The van der Waals surface area contributed by atoms with Crippen molar-refractivity contribution in [3.8, 4) is 22.3 Å². The lowest BCUT2D eigenvalue weighted by Gasteiger charge is -2.21. The van der Waals surface area contributed by atoms with Crippen LogP contribution >= 0.6 is 34.7 Å². The Morgan fingerprint density at radius 3 is 2.84 bits per heavy atom. The average Bonchev–Trinajstić information content (AvgIpc) is 3.42. The van der Waals surface area contributed by atoms with Crippen LogP contribution in [0.4, 0.5) is 0 Å². The van der Waals surface area contributed by atoms with Crippen LogP contribution in [0, 0.1) is 0 Å². The number of nitrogens with zero attached hydrogens (tertiary/aromatic N) is 2. The van der Waals surface area contributed by atoms with Crippen LogP contribution in [0.2, 0.25) is 5.02 Å². The number of halogens is 1. The Labute approximate surface area is 197 Å². The lowest BCUT2D eigenvalue weighted by molar-refractivity contribution is -0.119. The molecule has 164 valence electrons. The van der Waals surface area contributed by atoms with E-state index in [1.807, 2.05) is 49.4 Å². The molecule has 1 aliphatic heterocycles. The van der Waals surface area contributed by atoms with E-state index >= 15 is 0 Å². The summed E-state index contributed by atoms with van der Waals surface area (Å²) >= 11 is 9.16. The third-order valence-electron chi connectivity index (χ3n) is 4.91. The zero-order valence-electron chi connectivity index (χ0n) is 17.0. The molecule has 0 saturated carbocycles. The number of benzene rings is 2. The molecule has 0 radical (unpaired) electrons. The largest absolute Gasteiger partial charge is 0.486 e. The molecule has 1 N–H and O–H groups in total. The molecule has 1 aliphatic rings. The van der Waals surface area contributed by atoms with E-state index in [2.05, 4.69) is 15.5 Å². The van der Waals surface area contributed by atoms with Crippen LogP contribution in [0.3, 0.4) is 0 Å². The van der Waals surface area contributed by atoms with E-state index < -0.39 is 0 Å². The lowest BCUT2D eigenvalue weighted by atomic mass is 10.1. The first kappa shape index (κ1) is 21.1. The summed E-state index contributed by atoms with van der Waals surface area (Å²) < 4.78 is 17.9. The van der Waals surface area contributed by atoms with Gasteiger partial charge in [-0.3, -0.25) is 4.79 Å². The fourth-order valence-corrected chi connectivity index (χ4v) is 5.34. The normalized spacial score (nSPS) is 13.8. The molecule has 32 heavy (non-hydrogen) atoms. The number of thioether (sulfide) groups is 1. The van der Waals surface area contributed by atoms with Gasteiger partial charge in [-0.1, -0.05) is 47.6 Å². The van der Waals surface area contributed by atoms with Crippen molar-refractivity contribution in [3.63, 3.8) is 0 Å². The Balaban J connectivity index is 1.20. The zero-order valence-corrected chi connectivity index (χ0v) is 19.4. The lowest BCUT2D eigenvalue weighted by Crippen LogP contribution is -2.28. The molecule has 10 heteroatoms.